The second kappa shape index (κ2) is 9.77. The maximum Gasteiger partial charge on any atom is 0.421 e. The molecule has 0 heterocycles. The zero-order valence-corrected chi connectivity index (χ0v) is 15.7. The van der Waals surface area contributed by atoms with Crippen molar-refractivity contribution in [2.24, 2.45) is 5.73 Å². The Morgan fingerprint density at radius 2 is 1.43 bits per heavy atom. The van der Waals surface area contributed by atoms with E-state index in [0.29, 0.717) is 5.56 Å². The van der Waals surface area contributed by atoms with Crippen LogP contribution in [0.3, 0.4) is 0 Å². The molecule has 1 atom stereocenters. The topological polar surface area (TPSA) is 111 Å². The largest absolute Gasteiger partial charge is 0.445 e. The summed E-state index contributed by atoms with van der Waals surface area (Å²) in [5.41, 5.74) is 2.21. The van der Waals surface area contributed by atoms with Gasteiger partial charge in [-0.3, -0.25) is 14.9 Å². The van der Waals surface area contributed by atoms with Crippen LogP contribution in [0.1, 0.15) is 11.1 Å². The van der Waals surface area contributed by atoms with Crippen molar-refractivity contribution < 1.29 is 32.3 Å². The normalized spacial score (nSPS) is 13.0. The number of halogens is 3. The summed E-state index contributed by atoms with van der Waals surface area (Å²) < 4.78 is 47.2. The highest BCUT2D eigenvalue weighted by atomic mass is 19.4. The van der Waals surface area contributed by atoms with Crippen LogP contribution >= 0.6 is 0 Å². The van der Waals surface area contributed by atoms with Crippen molar-refractivity contribution in [3.05, 3.63) is 71.8 Å². The number of carbonyl (C=O) groups is 3. The summed E-state index contributed by atoms with van der Waals surface area (Å²) >= 11 is 0. The first-order chi connectivity index (χ1) is 14.1. The summed E-state index contributed by atoms with van der Waals surface area (Å²) in [6, 6.07) is 15.6. The summed E-state index contributed by atoms with van der Waals surface area (Å²) in [4.78, 5) is 35.7. The van der Waals surface area contributed by atoms with E-state index in [0.717, 1.165) is 0 Å². The molecule has 0 aliphatic heterocycles. The van der Waals surface area contributed by atoms with Crippen LogP contribution in [0.5, 0.6) is 0 Å². The van der Waals surface area contributed by atoms with Gasteiger partial charge in [0.1, 0.15) is 6.61 Å². The number of alkyl halides is 3. The quantitative estimate of drug-likeness (QED) is 0.604. The van der Waals surface area contributed by atoms with Crippen LogP contribution in [0.15, 0.2) is 60.7 Å². The molecule has 30 heavy (non-hydrogen) atoms. The van der Waals surface area contributed by atoms with E-state index in [1.807, 2.05) is 5.32 Å². The van der Waals surface area contributed by atoms with Gasteiger partial charge in [0.25, 0.3) is 5.91 Å². The van der Waals surface area contributed by atoms with Gasteiger partial charge in [-0.1, -0.05) is 60.7 Å². The lowest BCUT2D eigenvalue weighted by molar-refractivity contribution is -0.198. The molecule has 2 aromatic rings. The number of benzene rings is 2. The van der Waals surface area contributed by atoms with Crippen molar-refractivity contribution in [1.29, 1.82) is 0 Å². The molecule has 10 heteroatoms. The molecule has 4 N–H and O–H groups in total. The zero-order valence-electron chi connectivity index (χ0n) is 15.7. The average Bonchev–Trinajstić information content (AvgIpc) is 2.70. The van der Waals surface area contributed by atoms with Gasteiger partial charge in [-0.05, 0) is 11.1 Å². The lowest BCUT2D eigenvalue weighted by atomic mass is 9.88. The van der Waals surface area contributed by atoms with Gasteiger partial charge in [0.15, 0.2) is 0 Å². The van der Waals surface area contributed by atoms with Crippen molar-refractivity contribution in [3.63, 3.8) is 0 Å². The van der Waals surface area contributed by atoms with Crippen molar-refractivity contribution in [2.75, 3.05) is 6.54 Å². The molecule has 3 amide bonds. The lowest BCUT2D eigenvalue weighted by Gasteiger charge is -2.34. The molecular weight excluding hydrogens is 403 g/mol. The first-order valence-corrected chi connectivity index (χ1v) is 8.80. The van der Waals surface area contributed by atoms with Gasteiger partial charge < -0.3 is 15.8 Å². The number of alkyl carbamates (subject to hydrolysis) is 1. The van der Waals surface area contributed by atoms with E-state index in [4.69, 9.17) is 10.5 Å². The van der Waals surface area contributed by atoms with Gasteiger partial charge >= 0.3 is 12.3 Å². The number of ether oxygens (including phenoxy) is 1. The van der Waals surface area contributed by atoms with E-state index in [1.165, 1.54) is 24.3 Å². The minimum absolute atomic E-state index is 0.132. The fraction of sp³-hybridized carbons (Fsp3) is 0.250. The number of carbonyl (C=O) groups excluding carboxylic acids is 3. The first kappa shape index (κ1) is 22.7. The van der Waals surface area contributed by atoms with Gasteiger partial charge in [0.05, 0.1) is 6.54 Å². The molecular formula is C20H20F3N3O4. The number of nitrogens with two attached hydrogens (primary N) is 1. The molecule has 0 aliphatic carbocycles. The van der Waals surface area contributed by atoms with Crippen LogP contribution in [-0.4, -0.2) is 36.2 Å². The number of primary amides is 1. The monoisotopic (exact) mass is 423 g/mol. The smallest absolute Gasteiger partial charge is 0.421 e. The Morgan fingerprint density at radius 3 is 1.93 bits per heavy atom. The van der Waals surface area contributed by atoms with E-state index in [2.05, 4.69) is 0 Å². The van der Waals surface area contributed by atoms with Crippen LogP contribution < -0.4 is 16.4 Å². The maximum atomic E-state index is 14.1. The van der Waals surface area contributed by atoms with Crippen LogP contribution in [0.4, 0.5) is 18.0 Å². The minimum Gasteiger partial charge on any atom is -0.445 e. The maximum absolute atomic E-state index is 14.1. The van der Waals surface area contributed by atoms with Crippen molar-refractivity contribution in [1.82, 2.24) is 10.6 Å². The Kier molecular flexibility index (Phi) is 7.40. The molecule has 0 radical (unpaired) electrons. The molecule has 160 valence electrons. The minimum atomic E-state index is -5.21. The van der Waals surface area contributed by atoms with E-state index in [-0.39, 0.29) is 12.2 Å². The Balaban J connectivity index is 2.30. The standard InChI is InChI=1S/C20H20F3N3O4/c21-20(22,23)19(17(28)25-12-16(24)27,11-14-7-3-1-4-8-14)26-18(29)30-13-15-9-5-2-6-10-15/h1-10H,11-13H2,(H2,24,27)(H,25,28)(H,26,29). The molecule has 0 aliphatic rings. The van der Waals surface area contributed by atoms with Crippen molar-refractivity contribution >= 4 is 17.9 Å². The summed E-state index contributed by atoms with van der Waals surface area (Å²) in [5.74, 6) is -2.67. The van der Waals surface area contributed by atoms with Crippen molar-refractivity contribution in [2.45, 2.75) is 24.7 Å². The Bertz CT molecular complexity index is 876. The lowest BCUT2D eigenvalue weighted by Crippen LogP contribution is -2.68. The van der Waals surface area contributed by atoms with Gasteiger partial charge in [-0.2, -0.15) is 13.2 Å². The van der Waals surface area contributed by atoms with Crippen LogP contribution in [0.2, 0.25) is 0 Å². The predicted molar refractivity (Wildman–Crippen MR) is 101 cm³/mol. The van der Waals surface area contributed by atoms with Crippen LogP contribution in [-0.2, 0) is 27.4 Å². The number of nitrogens with one attached hydrogen (secondary N) is 2. The highest BCUT2D eigenvalue weighted by Gasteiger charge is 2.61. The van der Waals surface area contributed by atoms with Gasteiger partial charge in [0.2, 0.25) is 11.4 Å². The predicted octanol–water partition coefficient (Wildman–Crippen LogP) is 2.06. The SMILES string of the molecule is NC(=O)CNC(=O)C(Cc1ccccc1)(NC(=O)OCc1ccccc1)C(F)(F)F. The van der Waals surface area contributed by atoms with E-state index < -0.39 is 42.6 Å². The summed E-state index contributed by atoms with van der Waals surface area (Å²) in [7, 11) is 0. The molecule has 0 bridgehead atoms. The number of hydrogen-bond acceptors (Lipinski definition) is 4. The Morgan fingerprint density at radius 1 is 0.900 bits per heavy atom. The molecule has 2 aromatic carbocycles. The van der Waals surface area contributed by atoms with Gasteiger partial charge in [-0.15, -0.1) is 0 Å². The molecule has 7 nitrogen and oxygen atoms in total. The van der Waals surface area contributed by atoms with E-state index in [1.54, 1.807) is 41.7 Å². The van der Waals surface area contributed by atoms with Gasteiger partial charge in [0, 0.05) is 6.42 Å². The Hall–Kier alpha value is -3.56. The second-order valence-corrected chi connectivity index (χ2v) is 6.40. The number of amides is 3. The van der Waals surface area contributed by atoms with Crippen molar-refractivity contribution in [3.8, 4) is 0 Å². The average molecular weight is 423 g/mol. The number of rotatable bonds is 8. The molecule has 0 fully saturated rings. The van der Waals surface area contributed by atoms with Crippen LogP contribution in [0.25, 0.3) is 0 Å². The fourth-order valence-electron chi connectivity index (χ4n) is 2.63. The summed E-state index contributed by atoms with van der Waals surface area (Å²) in [5, 5.41) is 3.49. The summed E-state index contributed by atoms with van der Waals surface area (Å²) in [6.45, 7) is -1.12. The summed E-state index contributed by atoms with van der Waals surface area (Å²) in [6.07, 6.45) is -7.57. The third kappa shape index (κ3) is 5.97. The third-order valence-corrected chi connectivity index (χ3v) is 4.14. The Labute approximate surface area is 170 Å². The highest BCUT2D eigenvalue weighted by Crippen LogP contribution is 2.34. The van der Waals surface area contributed by atoms with E-state index in [9.17, 15) is 27.6 Å². The molecule has 2 rings (SSSR count). The molecule has 0 aromatic heterocycles. The molecule has 0 spiro atoms. The molecule has 1 unspecified atom stereocenters. The van der Waals surface area contributed by atoms with Crippen LogP contribution in [0, 0.1) is 0 Å². The fourth-order valence-corrected chi connectivity index (χ4v) is 2.63. The molecule has 0 saturated heterocycles. The first-order valence-electron chi connectivity index (χ1n) is 8.80. The molecule has 0 saturated carbocycles. The second-order valence-electron chi connectivity index (χ2n) is 6.40. The third-order valence-electron chi connectivity index (χ3n) is 4.14. The zero-order chi connectivity index (χ0) is 22.2. The van der Waals surface area contributed by atoms with E-state index >= 15 is 0 Å². The number of hydrogen-bond donors (Lipinski definition) is 3. The highest BCUT2D eigenvalue weighted by molar-refractivity contribution is 5.93. The van der Waals surface area contributed by atoms with Gasteiger partial charge in [-0.25, -0.2) is 4.79 Å².